The van der Waals surface area contributed by atoms with E-state index < -0.39 is 0 Å². The van der Waals surface area contributed by atoms with Crippen molar-refractivity contribution >= 4 is 0 Å². The summed E-state index contributed by atoms with van der Waals surface area (Å²) in [6.45, 7) is 6.47. The van der Waals surface area contributed by atoms with E-state index in [2.05, 4.69) is 36.5 Å². The molecular weight excluding hydrogens is 222 g/mol. The van der Waals surface area contributed by atoms with Gasteiger partial charge >= 0.3 is 0 Å². The minimum Gasteiger partial charge on any atom is -0.381 e. The molecule has 1 N–H and O–H groups in total. The van der Waals surface area contributed by atoms with Crippen LogP contribution in [0.4, 0.5) is 0 Å². The molecule has 98 valence electrons. The molecule has 2 aliphatic rings. The van der Waals surface area contributed by atoms with Gasteiger partial charge in [0.25, 0.3) is 0 Å². The third-order valence-corrected chi connectivity index (χ3v) is 4.66. The van der Waals surface area contributed by atoms with Crippen LogP contribution in [0, 0.1) is 12.8 Å². The summed E-state index contributed by atoms with van der Waals surface area (Å²) < 4.78 is 5.48. The highest BCUT2D eigenvalue weighted by Gasteiger charge is 2.41. The van der Waals surface area contributed by atoms with E-state index in [1.165, 1.54) is 24.8 Å². The predicted molar refractivity (Wildman–Crippen MR) is 73.9 cm³/mol. The quantitative estimate of drug-likeness (QED) is 0.884. The van der Waals surface area contributed by atoms with Gasteiger partial charge < -0.3 is 10.1 Å². The van der Waals surface area contributed by atoms with Crippen LogP contribution in [-0.2, 0) is 10.2 Å². The van der Waals surface area contributed by atoms with Crippen LogP contribution in [-0.4, -0.2) is 26.3 Å². The van der Waals surface area contributed by atoms with E-state index in [4.69, 9.17) is 4.74 Å². The standard InChI is InChI=1S/C16H23NO/c1-13-4-2-3-5-15(13)16(11-17-12-16)10-14-6-8-18-9-7-14/h2-5,14,17H,6-12H2,1H3. The first-order valence-electron chi connectivity index (χ1n) is 7.15. The molecule has 0 unspecified atom stereocenters. The van der Waals surface area contributed by atoms with Gasteiger partial charge in [-0.25, -0.2) is 0 Å². The minimum absolute atomic E-state index is 0.396. The molecule has 0 aliphatic carbocycles. The van der Waals surface area contributed by atoms with Crippen LogP contribution in [0.1, 0.15) is 30.4 Å². The van der Waals surface area contributed by atoms with E-state index in [9.17, 15) is 0 Å². The topological polar surface area (TPSA) is 21.3 Å². The lowest BCUT2D eigenvalue weighted by Gasteiger charge is -2.46. The summed E-state index contributed by atoms with van der Waals surface area (Å²) >= 11 is 0. The third-order valence-electron chi connectivity index (χ3n) is 4.66. The summed E-state index contributed by atoms with van der Waals surface area (Å²) in [6, 6.07) is 8.91. The predicted octanol–water partition coefficient (Wildman–Crippen LogP) is 2.65. The Bertz CT molecular complexity index is 405. The Balaban J connectivity index is 1.79. The van der Waals surface area contributed by atoms with Crippen molar-refractivity contribution in [3.63, 3.8) is 0 Å². The zero-order valence-corrected chi connectivity index (χ0v) is 11.2. The first-order valence-corrected chi connectivity index (χ1v) is 7.15. The Kier molecular flexibility index (Phi) is 3.40. The summed E-state index contributed by atoms with van der Waals surface area (Å²) in [5.41, 5.74) is 3.41. The largest absolute Gasteiger partial charge is 0.381 e. The molecule has 0 bridgehead atoms. The highest BCUT2D eigenvalue weighted by atomic mass is 16.5. The fraction of sp³-hybridized carbons (Fsp3) is 0.625. The second-order valence-corrected chi connectivity index (χ2v) is 5.96. The number of hydrogen-bond donors (Lipinski definition) is 1. The first kappa shape index (κ1) is 12.2. The van der Waals surface area contributed by atoms with Crippen molar-refractivity contribution in [3.05, 3.63) is 35.4 Å². The number of aryl methyl sites for hydroxylation is 1. The van der Waals surface area contributed by atoms with Gasteiger partial charge in [-0.15, -0.1) is 0 Å². The van der Waals surface area contributed by atoms with Crippen molar-refractivity contribution in [3.8, 4) is 0 Å². The van der Waals surface area contributed by atoms with Crippen LogP contribution in [0.2, 0.25) is 0 Å². The second-order valence-electron chi connectivity index (χ2n) is 5.96. The molecule has 1 aromatic carbocycles. The van der Waals surface area contributed by atoms with Crippen molar-refractivity contribution in [1.82, 2.24) is 5.32 Å². The van der Waals surface area contributed by atoms with Gasteiger partial charge in [-0.3, -0.25) is 0 Å². The zero-order chi connectivity index (χ0) is 12.4. The number of benzene rings is 1. The van der Waals surface area contributed by atoms with E-state index in [0.29, 0.717) is 5.41 Å². The van der Waals surface area contributed by atoms with Crippen LogP contribution in [0.15, 0.2) is 24.3 Å². The van der Waals surface area contributed by atoms with Crippen LogP contribution >= 0.6 is 0 Å². The minimum atomic E-state index is 0.396. The maximum atomic E-state index is 5.48. The smallest absolute Gasteiger partial charge is 0.0468 e. The third kappa shape index (κ3) is 2.19. The number of hydrogen-bond acceptors (Lipinski definition) is 2. The Morgan fingerprint density at radius 2 is 1.94 bits per heavy atom. The van der Waals surface area contributed by atoms with Gasteiger partial charge in [-0.05, 0) is 43.2 Å². The highest BCUT2D eigenvalue weighted by molar-refractivity contribution is 5.36. The van der Waals surface area contributed by atoms with Crippen LogP contribution in [0.25, 0.3) is 0 Å². The molecule has 2 heterocycles. The van der Waals surface area contributed by atoms with Crippen molar-refractivity contribution in [2.45, 2.75) is 31.6 Å². The molecule has 2 saturated heterocycles. The van der Waals surface area contributed by atoms with E-state index in [0.717, 1.165) is 32.2 Å². The SMILES string of the molecule is Cc1ccccc1C1(CC2CCOCC2)CNC1. The molecule has 2 aliphatic heterocycles. The molecule has 0 spiro atoms. The molecular formula is C16H23NO. The van der Waals surface area contributed by atoms with Crippen molar-refractivity contribution in [2.75, 3.05) is 26.3 Å². The lowest BCUT2D eigenvalue weighted by molar-refractivity contribution is 0.0500. The fourth-order valence-electron chi connectivity index (χ4n) is 3.54. The monoisotopic (exact) mass is 245 g/mol. The molecule has 1 aromatic rings. The molecule has 2 fully saturated rings. The summed E-state index contributed by atoms with van der Waals surface area (Å²) in [4.78, 5) is 0. The lowest BCUT2D eigenvalue weighted by Crippen LogP contribution is -2.58. The Labute approximate surface area is 110 Å². The van der Waals surface area contributed by atoms with Crippen molar-refractivity contribution in [1.29, 1.82) is 0 Å². The average molecular weight is 245 g/mol. The van der Waals surface area contributed by atoms with Crippen molar-refractivity contribution < 1.29 is 4.74 Å². The number of ether oxygens (including phenoxy) is 1. The molecule has 0 saturated carbocycles. The Hall–Kier alpha value is -0.860. The molecule has 0 radical (unpaired) electrons. The Morgan fingerprint density at radius 1 is 1.22 bits per heavy atom. The van der Waals surface area contributed by atoms with Gasteiger partial charge in [0.2, 0.25) is 0 Å². The van der Waals surface area contributed by atoms with Crippen LogP contribution < -0.4 is 5.32 Å². The van der Waals surface area contributed by atoms with Gasteiger partial charge in [-0.1, -0.05) is 24.3 Å². The van der Waals surface area contributed by atoms with Gasteiger partial charge in [0, 0.05) is 31.7 Å². The van der Waals surface area contributed by atoms with E-state index in [1.54, 1.807) is 5.56 Å². The summed E-state index contributed by atoms with van der Waals surface area (Å²) in [6.07, 6.45) is 3.81. The van der Waals surface area contributed by atoms with Gasteiger partial charge in [0.1, 0.15) is 0 Å². The summed E-state index contributed by atoms with van der Waals surface area (Å²) in [5.74, 6) is 0.848. The van der Waals surface area contributed by atoms with Gasteiger partial charge in [0.15, 0.2) is 0 Å². The summed E-state index contributed by atoms with van der Waals surface area (Å²) in [7, 11) is 0. The molecule has 2 heteroatoms. The fourth-order valence-corrected chi connectivity index (χ4v) is 3.54. The second kappa shape index (κ2) is 5.02. The molecule has 0 aromatic heterocycles. The molecule has 18 heavy (non-hydrogen) atoms. The van der Waals surface area contributed by atoms with Crippen LogP contribution in [0.3, 0.4) is 0 Å². The maximum Gasteiger partial charge on any atom is 0.0468 e. The Morgan fingerprint density at radius 3 is 2.56 bits per heavy atom. The van der Waals surface area contributed by atoms with Gasteiger partial charge in [-0.2, -0.15) is 0 Å². The van der Waals surface area contributed by atoms with Crippen molar-refractivity contribution in [2.24, 2.45) is 5.92 Å². The summed E-state index contributed by atoms with van der Waals surface area (Å²) in [5, 5.41) is 3.49. The van der Waals surface area contributed by atoms with E-state index in [-0.39, 0.29) is 0 Å². The number of nitrogens with one attached hydrogen (secondary N) is 1. The van der Waals surface area contributed by atoms with E-state index >= 15 is 0 Å². The molecule has 0 amide bonds. The highest BCUT2D eigenvalue weighted by Crippen LogP contribution is 2.39. The van der Waals surface area contributed by atoms with Gasteiger partial charge in [0.05, 0.1) is 0 Å². The number of rotatable bonds is 3. The lowest BCUT2D eigenvalue weighted by atomic mass is 9.67. The maximum absolute atomic E-state index is 5.48. The molecule has 2 nitrogen and oxygen atoms in total. The molecule has 0 atom stereocenters. The average Bonchev–Trinajstić information content (AvgIpc) is 2.36. The first-order chi connectivity index (χ1) is 8.80. The molecule has 3 rings (SSSR count). The van der Waals surface area contributed by atoms with E-state index in [1.807, 2.05) is 0 Å². The van der Waals surface area contributed by atoms with Crippen LogP contribution in [0.5, 0.6) is 0 Å². The normalized spacial score (nSPS) is 23.6. The zero-order valence-electron chi connectivity index (χ0n) is 11.2.